The van der Waals surface area contributed by atoms with E-state index in [0.717, 1.165) is 0 Å². The predicted octanol–water partition coefficient (Wildman–Crippen LogP) is 1.41. The fraction of sp³-hybridized carbons (Fsp3) is 0.200. The Morgan fingerprint density at radius 2 is 2.33 bits per heavy atom. The molecule has 5 heteroatoms. The highest BCUT2D eigenvalue weighted by molar-refractivity contribution is 5.71. The van der Waals surface area contributed by atoms with Crippen LogP contribution in [0.25, 0.3) is 6.08 Å². The average Bonchev–Trinajstić information content (AvgIpc) is 2.17. The number of nitro benzene ring substituents is 1. The fourth-order valence-corrected chi connectivity index (χ4v) is 1.23. The third kappa shape index (κ3) is 2.78. The maximum absolute atomic E-state index is 10.8. The Hall–Kier alpha value is -1.88. The summed E-state index contributed by atoms with van der Waals surface area (Å²) in [4.78, 5) is 10.3. The monoisotopic (exact) mass is 207 g/mol. The topological polar surface area (TPSA) is 81.2 Å². The summed E-state index contributed by atoms with van der Waals surface area (Å²) in [6.45, 7) is 0.659. The molecule has 0 saturated carbocycles. The normalized spacial score (nSPS) is 10.7. The van der Waals surface area contributed by atoms with Gasteiger partial charge in [-0.2, -0.15) is 0 Å². The second-order valence-corrected chi connectivity index (χ2v) is 3.00. The SMILES string of the molecule is CNCC=Cc1cccc(N)c1[N+](=O)[O-]. The van der Waals surface area contributed by atoms with Crippen LogP contribution in [-0.2, 0) is 0 Å². The van der Waals surface area contributed by atoms with Crippen LogP contribution in [0.5, 0.6) is 0 Å². The fourth-order valence-electron chi connectivity index (χ4n) is 1.23. The van der Waals surface area contributed by atoms with Crippen LogP contribution >= 0.6 is 0 Å². The zero-order valence-corrected chi connectivity index (χ0v) is 8.43. The lowest BCUT2D eigenvalue weighted by molar-refractivity contribution is -0.384. The average molecular weight is 207 g/mol. The van der Waals surface area contributed by atoms with Crippen molar-refractivity contribution in [1.29, 1.82) is 0 Å². The number of anilines is 1. The van der Waals surface area contributed by atoms with Crippen molar-refractivity contribution < 1.29 is 4.92 Å². The van der Waals surface area contributed by atoms with E-state index in [1.54, 1.807) is 25.3 Å². The van der Waals surface area contributed by atoms with Crippen molar-refractivity contribution in [3.8, 4) is 0 Å². The number of hydrogen-bond acceptors (Lipinski definition) is 4. The lowest BCUT2D eigenvalue weighted by Crippen LogP contribution is -2.04. The summed E-state index contributed by atoms with van der Waals surface area (Å²) < 4.78 is 0. The summed E-state index contributed by atoms with van der Waals surface area (Å²) in [5, 5.41) is 13.7. The number of nitro groups is 1. The lowest BCUT2D eigenvalue weighted by Gasteiger charge is -2.00. The molecule has 80 valence electrons. The molecule has 1 rings (SSSR count). The number of nitrogens with zero attached hydrogens (tertiary/aromatic N) is 1. The maximum atomic E-state index is 10.8. The highest BCUT2D eigenvalue weighted by Gasteiger charge is 2.14. The van der Waals surface area contributed by atoms with Crippen molar-refractivity contribution in [1.82, 2.24) is 5.32 Å². The van der Waals surface area contributed by atoms with Gasteiger partial charge in [0, 0.05) is 6.54 Å². The minimum absolute atomic E-state index is 0.0372. The first kappa shape index (κ1) is 11.2. The summed E-state index contributed by atoms with van der Waals surface area (Å²) in [5.74, 6) is 0. The maximum Gasteiger partial charge on any atom is 0.299 e. The lowest BCUT2D eigenvalue weighted by atomic mass is 10.1. The van der Waals surface area contributed by atoms with Crippen LogP contribution < -0.4 is 11.1 Å². The van der Waals surface area contributed by atoms with Crippen LogP contribution in [0.1, 0.15) is 5.56 Å². The number of nitrogens with one attached hydrogen (secondary N) is 1. The smallest absolute Gasteiger partial charge is 0.299 e. The van der Waals surface area contributed by atoms with E-state index in [4.69, 9.17) is 5.73 Å². The van der Waals surface area contributed by atoms with E-state index >= 15 is 0 Å². The molecule has 0 unspecified atom stereocenters. The van der Waals surface area contributed by atoms with Gasteiger partial charge >= 0.3 is 0 Å². The van der Waals surface area contributed by atoms with E-state index in [0.29, 0.717) is 12.1 Å². The Kier molecular flexibility index (Phi) is 3.82. The third-order valence-corrected chi connectivity index (χ3v) is 1.90. The summed E-state index contributed by atoms with van der Waals surface area (Å²) in [6.07, 6.45) is 3.49. The number of benzene rings is 1. The van der Waals surface area contributed by atoms with Gasteiger partial charge in [0.15, 0.2) is 0 Å². The first-order chi connectivity index (χ1) is 7.16. The molecular weight excluding hydrogens is 194 g/mol. The Morgan fingerprint density at radius 1 is 1.60 bits per heavy atom. The first-order valence-electron chi connectivity index (χ1n) is 4.51. The minimum atomic E-state index is -0.464. The van der Waals surface area contributed by atoms with E-state index < -0.39 is 4.92 Å². The molecule has 0 spiro atoms. The van der Waals surface area contributed by atoms with Crippen molar-refractivity contribution in [3.05, 3.63) is 40.0 Å². The van der Waals surface area contributed by atoms with Gasteiger partial charge in [0.05, 0.1) is 10.5 Å². The molecule has 0 saturated heterocycles. The quantitative estimate of drug-likeness (QED) is 0.444. The van der Waals surface area contributed by atoms with Gasteiger partial charge in [0.25, 0.3) is 5.69 Å². The summed E-state index contributed by atoms with van der Waals surface area (Å²) in [5.41, 5.74) is 6.21. The third-order valence-electron chi connectivity index (χ3n) is 1.90. The number of nitrogens with two attached hydrogens (primary N) is 1. The molecule has 0 aliphatic rings. The van der Waals surface area contributed by atoms with Gasteiger partial charge in [-0.15, -0.1) is 0 Å². The minimum Gasteiger partial charge on any atom is -0.393 e. The molecule has 0 heterocycles. The van der Waals surface area contributed by atoms with Crippen LogP contribution in [0, 0.1) is 10.1 Å². The summed E-state index contributed by atoms with van der Waals surface area (Å²) >= 11 is 0. The molecule has 0 fully saturated rings. The van der Waals surface area contributed by atoms with Gasteiger partial charge in [-0.1, -0.05) is 18.2 Å². The Bertz CT molecular complexity index is 388. The zero-order chi connectivity index (χ0) is 11.3. The standard InChI is InChI=1S/C10H13N3O2/c1-12-7-3-5-8-4-2-6-9(11)10(8)13(14)15/h2-6,12H,7,11H2,1H3. The molecule has 3 N–H and O–H groups in total. The van der Waals surface area contributed by atoms with Crippen LogP contribution in [-0.4, -0.2) is 18.5 Å². The molecule has 0 aliphatic heterocycles. The molecular formula is C10H13N3O2. The van der Waals surface area contributed by atoms with E-state index in [-0.39, 0.29) is 11.4 Å². The second kappa shape index (κ2) is 5.11. The van der Waals surface area contributed by atoms with Crippen LogP contribution in [0.4, 0.5) is 11.4 Å². The van der Waals surface area contributed by atoms with E-state index in [2.05, 4.69) is 5.32 Å². The first-order valence-corrected chi connectivity index (χ1v) is 4.51. The van der Waals surface area contributed by atoms with Crippen LogP contribution in [0.3, 0.4) is 0 Å². The Morgan fingerprint density at radius 3 is 2.93 bits per heavy atom. The van der Waals surface area contributed by atoms with Crippen molar-refractivity contribution in [2.75, 3.05) is 19.3 Å². The number of likely N-dealkylation sites (N-methyl/N-ethyl adjacent to an activating group) is 1. The van der Waals surface area contributed by atoms with Crippen LogP contribution in [0.15, 0.2) is 24.3 Å². The molecule has 0 aliphatic carbocycles. The summed E-state index contributed by atoms with van der Waals surface area (Å²) in [6, 6.07) is 4.88. The summed E-state index contributed by atoms with van der Waals surface area (Å²) in [7, 11) is 1.80. The molecule has 0 atom stereocenters. The van der Waals surface area contributed by atoms with Crippen LogP contribution in [0.2, 0.25) is 0 Å². The van der Waals surface area contributed by atoms with E-state index in [9.17, 15) is 10.1 Å². The highest BCUT2D eigenvalue weighted by atomic mass is 16.6. The molecule has 0 aromatic heterocycles. The number of hydrogen-bond donors (Lipinski definition) is 2. The molecule has 1 aromatic carbocycles. The van der Waals surface area contributed by atoms with Crippen molar-refractivity contribution in [3.63, 3.8) is 0 Å². The highest BCUT2D eigenvalue weighted by Crippen LogP contribution is 2.26. The van der Waals surface area contributed by atoms with Crippen molar-refractivity contribution >= 4 is 17.5 Å². The van der Waals surface area contributed by atoms with E-state index in [1.807, 2.05) is 6.08 Å². The zero-order valence-electron chi connectivity index (χ0n) is 8.43. The van der Waals surface area contributed by atoms with E-state index in [1.165, 1.54) is 6.07 Å². The second-order valence-electron chi connectivity index (χ2n) is 3.00. The van der Waals surface area contributed by atoms with Gasteiger partial charge in [0.1, 0.15) is 5.69 Å². The molecule has 0 amide bonds. The number of para-hydroxylation sites is 1. The van der Waals surface area contributed by atoms with Crippen molar-refractivity contribution in [2.45, 2.75) is 0 Å². The Labute approximate surface area is 87.7 Å². The Balaban J connectivity index is 3.06. The van der Waals surface area contributed by atoms with Gasteiger partial charge in [0.2, 0.25) is 0 Å². The molecule has 1 aromatic rings. The van der Waals surface area contributed by atoms with Gasteiger partial charge in [-0.05, 0) is 19.2 Å². The van der Waals surface area contributed by atoms with Gasteiger partial charge in [-0.3, -0.25) is 10.1 Å². The number of rotatable bonds is 4. The number of nitrogen functional groups attached to an aromatic ring is 1. The van der Waals surface area contributed by atoms with Crippen molar-refractivity contribution in [2.24, 2.45) is 0 Å². The largest absolute Gasteiger partial charge is 0.393 e. The molecule has 0 bridgehead atoms. The molecule has 5 nitrogen and oxygen atoms in total. The molecule has 15 heavy (non-hydrogen) atoms. The van der Waals surface area contributed by atoms with Gasteiger partial charge < -0.3 is 11.1 Å². The predicted molar refractivity (Wildman–Crippen MR) is 60.5 cm³/mol. The molecule has 0 radical (unpaired) electrons. The van der Waals surface area contributed by atoms with Gasteiger partial charge in [-0.25, -0.2) is 0 Å².